The summed E-state index contributed by atoms with van der Waals surface area (Å²) in [6, 6.07) is 0. The van der Waals surface area contributed by atoms with E-state index in [1.54, 1.807) is 5.57 Å². The Bertz CT molecular complexity index is 510. The molecule has 21 heavy (non-hydrogen) atoms. The van der Waals surface area contributed by atoms with Crippen molar-refractivity contribution < 1.29 is 0 Å². The van der Waals surface area contributed by atoms with Crippen LogP contribution in [-0.4, -0.2) is 0 Å². The van der Waals surface area contributed by atoms with Crippen molar-refractivity contribution in [3.8, 4) is 0 Å². The molecular weight excluding hydrogens is 252 g/mol. The summed E-state index contributed by atoms with van der Waals surface area (Å²) in [5, 5.41) is 0. The second-order valence-corrected chi connectivity index (χ2v) is 8.59. The molecule has 0 nitrogen and oxygen atoms in total. The molecule has 2 saturated carbocycles. The quantitative estimate of drug-likeness (QED) is 0.524. The van der Waals surface area contributed by atoms with Crippen LogP contribution in [0.4, 0.5) is 0 Å². The van der Waals surface area contributed by atoms with E-state index in [2.05, 4.69) is 44.7 Å². The lowest BCUT2D eigenvalue weighted by atomic mass is 9.48. The molecule has 6 atom stereocenters. The second kappa shape index (κ2) is 4.61. The highest BCUT2D eigenvalue weighted by atomic mass is 14.6. The molecule has 0 aliphatic heterocycles. The average Bonchev–Trinajstić information content (AvgIpc) is 2.83. The van der Waals surface area contributed by atoms with Crippen LogP contribution < -0.4 is 0 Å². The van der Waals surface area contributed by atoms with Gasteiger partial charge in [0.05, 0.1) is 0 Å². The standard InChI is InChI=1S/C21H30/c1-4-15-9-11-18-17-10-8-16-7-5-6-13-20(16,2)19(17)12-14-21(15,18)3/h4-5,7-8,15,17-19H,1,6,9-14H2,2-3H3/t15-,17-,18-,19-,20-,21+/m0/s1. The maximum Gasteiger partial charge on any atom is -0.00445 e. The monoisotopic (exact) mass is 282 g/mol. The Morgan fingerprint density at radius 1 is 1.14 bits per heavy atom. The molecule has 4 rings (SSSR count). The summed E-state index contributed by atoms with van der Waals surface area (Å²) < 4.78 is 0. The van der Waals surface area contributed by atoms with Crippen LogP contribution >= 0.6 is 0 Å². The summed E-state index contributed by atoms with van der Waals surface area (Å²) in [4.78, 5) is 0. The first kappa shape index (κ1) is 13.9. The van der Waals surface area contributed by atoms with Crippen LogP contribution in [0.1, 0.15) is 58.8 Å². The molecule has 0 aromatic heterocycles. The highest BCUT2D eigenvalue weighted by molar-refractivity contribution is 5.34. The van der Waals surface area contributed by atoms with Gasteiger partial charge in [0.15, 0.2) is 0 Å². The van der Waals surface area contributed by atoms with Crippen molar-refractivity contribution >= 4 is 0 Å². The summed E-state index contributed by atoms with van der Waals surface area (Å²) in [6.07, 6.45) is 19.4. The molecule has 0 heterocycles. The Hall–Kier alpha value is -0.780. The Morgan fingerprint density at radius 3 is 2.81 bits per heavy atom. The maximum absolute atomic E-state index is 4.14. The molecule has 0 spiro atoms. The highest BCUT2D eigenvalue weighted by Crippen LogP contribution is 2.65. The first-order chi connectivity index (χ1) is 10.1. The molecule has 0 saturated heterocycles. The highest BCUT2D eigenvalue weighted by Gasteiger charge is 2.57. The van der Waals surface area contributed by atoms with Gasteiger partial charge in [-0.3, -0.25) is 0 Å². The number of hydrogen-bond donors (Lipinski definition) is 0. The Balaban J connectivity index is 1.71. The smallest absolute Gasteiger partial charge is 0.00445 e. The van der Waals surface area contributed by atoms with Crippen molar-refractivity contribution in [3.05, 3.63) is 36.5 Å². The second-order valence-electron chi connectivity index (χ2n) is 8.59. The van der Waals surface area contributed by atoms with E-state index in [9.17, 15) is 0 Å². The number of hydrogen-bond acceptors (Lipinski definition) is 0. The normalized spacial score (nSPS) is 51.6. The van der Waals surface area contributed by atoms with Crippen LogP contribution in [0.3, 0.4) is 0 Å². The Kier molecular flexibility index (Phi) is 3.04. The molecule has 0 aromatic carbocycles. The first-order valence-electron chi connectivity index (χ1n) is 9.09. The van der Waals surface area contributed by atoms with E-state index in [1.165, 1.54) is 44.9 Å². The van der Waals surface area contributed by atoms with Crippen molar-refractivity contribution in [2.24, 2.45) is 34.5 Å². The van der Waals surface area contributed by atoms with Crippen LogP contribution in [0.5, 0.6) is 0 Å². The van der Waals surface area contributed by atoms with E-state index in [0.717, 1.165) is 23.7 Å². The molecule has 0 amide bonds. The maximum atomic E-state index is 4.14. The molecule has 114 valence electrons. The fraction of sp³-hybridized carbons (Fsp3) is 0.714. The third-order valence-electron chi connectivity index (χ3n) is 8.01. The number of allylic oxidation sites excluding steroid dienone is 5. The zero-order valence-electron chi connectivity index (χ0n) is 13.8. The summed E-state index contributed by atoms with van der Waals surface area (Å²) >= 11 is 0. The van der Waals surface area contributed by atoms with Crippen LogP contribution in [-0.2, 0) is 0 Å². The largest absolute Gasteiger partial charge is 0.103 e. The number of fused-ring (bicyclic) bond motifs is 5. The van der Waals surface area contributed by atoms with E-state index in [4.69, 9.17) is 0 Å². The molecule has 4 aliphatic carbocycles. The fourth-order valence-corrected chi connectivity index (χ4v) is 6.73. The fourth-order valence-electron chi connectivity index (χ4n) is 6.73. The predicted octanol–water partition coefficient (Wildman–Crippen LogP) is 5.92. The zero-order valence-corrected chi connectivity index (χ0v) is 13.8. The van der Waals surface area contributed by atoms with Gasteiger partial charge in [0.2, 0.25) is 0 Å². The topological polar surface area (TPSA) is 0 Å². The third-order valence-corrected chi connectivity index (χ3v) is 8.01. The molecule has 0 bridgehead atoms. The summed E-state index contributed by atoms with van der Waals surface area (Å²) in [5.74, 6) is 3.59. The van der Waals surface area contributed by atoms with Gasteiger partial charge in [0.25, 0.3) is 0 Å². The van der Waals surface area contributed by atoms with Crippen LogP contribution in [0.25, 0.3) is 0 Å². The van der Waals surface area contributed by atoms with Crippen molar-refractivity contribution in [3.63, 3.8) is 0 Å². The lowest BCUT2D eigenvalue weighted by Gasteiger charge is -2.56. The third kappa shape index (κ3) is 1.74. The lowest BCUT2D eigenvalue weighted by molar-refractivity contribution is -0.0284. The molecule has 2 fully saturated rings. The predicted molar refractivity (Wildman–Crippen MR) is 89.9 cm³/mol. The van der Waals surface area contributed by atoms with E-state index < -0.39 is 0 Å². The molecule has 0 N–H and O–H groups in total. The van der Waals surface area contributed by atoms with Crippen LogP contribution in [0.15, 0.2) is 36.5 Å². The van der Waals surface area contributed by atoms with E-state index >= 15 is 0 Å². The molecule has 0 heteroatoms. The van der Waals surface area contributed by atoms with Gasteiger partial charge in [-0.25, -0.2) is 0 Å². The van der Waals surface area contributed by atoms with E-state index in [1.807, 2.05) is 0 Å². The molecular formula is C21H30. The number of rotatable bonds is 1. The average molecular weight is 282 g/mol. The van der Waals surface area contributed by atoms with Crippen molar-refractivity contribution in [2.75, 3.05) is 0 Å². The van der Waals surface area contributed by atoms with Crippen molar-refractivity contribution in [1.82, 2.24) is 0 Å². The SMILES string of the molecule is C=C[C@H]1CC[C@H]2[C@@H]3CC=C4C=CCC[C@]4(C)[C@H]3CC[C@]12C. The Labute approximate surface area is 130 Å². The first-order valence-corrected chi connectivity index (χ1v) is 9.09. The van der Waals surface area contributed by atoms with Crippen molar-refractivity contribution in [2.45, 2.75) is 58.8 Å². The summed E-state index contributed by atoms with van der Waals surface area (Å²) in [7, 11) is 0. The minimum atomic E-state index is 0.477. The van der Waals surface area contributed by atoms with Crippen LogP contribution in [0.2, 0.25) is 0 Å². The molecule has 0 aromatic rings. The molecule has 0 radical (unpaired) electrons. The lowest BCUT2D eigenvalue weighted by Crippen LogP contribution is -2.48. The summed E-state index contributed by atoms with van der Waals surface area (Å²) in [6.45, 7) is 9.29. The van der Waals surface area contributed by atoms with E-state index in [-0.39, 0.29) is 0 Å². The van der Waals surface area contributed by atoms with Crippen molar-refractivity contribution in [1.29, 1.82) is 0 Å². The van der Waals surface area contributed by atoms with Gasteiger partial charge >= 0.3 is 0 Å². The van der Waals surface area contributed by atoms with Gasteiger partial charge in [0.1, 0.15) is 0 Å². The minimum absolute atomic E-state index is 0.477. The van der Waals surface area contributed by atoms with E-state index in [0.29, 0.717) is 10.8 Å². The molecule has 4 aliphatic rings. The molecule has 0 unspecified atom stereocenters. The van der Waals surface area contributed by atoms with Gasteiger partial charge in [-0.05, 0) is 85.0 Å². The van der Waals surface area contributed by atoms with Gasteiger partial charge < -0.3 is 0 Å². The zero-order chi connectivity index (χ0) is 14.7. The van der Waals surface area contributed by atoms with Gasteiger partial charge in [-0.1, -0.05) is 38.2 Å². The van der Waals surface area contributed by atoms with Gasteiger partial charge in [0, 0.05) is 0 Å². The van der Waals surface area contributed by atoms with Gasteiger partial charge in [-0.2, -0.15) is 0 Å². The minimum Gasteiger partial charge on any atom is -0.103 e. The Morgan fingerprint density at radius 2 is 2.00 bits per heavy atom. The summed E-state index contributed by atoms with van der Waals surface area (Å²) in [5.41, 5.74) is 2.69. The van der Waals surface area contributed by atoms with Crippen LogP contribution in [0, 0.1) is 34.5 Å². The van der Waals surface area contributed by atoms with Gasteiger partial charge in [-0.15, -0.1) is 6.58 Å².